The second-order valence-corrected chi connectivity index (χ2v) is 5.83. The lowest BCUT2D eigenvalue weighted by Crippen LogP contribution is -2.30. The van der Waals surface area contributed by atoms with Gasteiger partial charge in [-0.25, -0.2) is 9.78 Å². The van der Waals surface area contributed by atoms with Crippen molar-refractivity contribution in [2.75, 3.05) is 13.7 Å². The molecular weight excluding hydrogens is 332 g/mol. The van der Waals surface area contributed by atoms with Crippen LogP contribution in [0.4, 0.5) is 0 Å². The maximum Gasteiger partial charge on any atom is 0.360 e. The first-order valence-electron chi connectivity index (χ1n) is 8.68. The summed E-state index contributed by atoms with van der Waals surface area (Å²) in [5.41, 5.74) is 1.06. The van der Waals surface area contributed by atoms with E-state index in [0.717, 1.165) is 24.8 Å². The van der Waals surface area contributed by atoms with E-state index in [0.29, 0.717) is 12.4 Å². The third-order valence-corrected chi connectivity index (χ3v) is 3.83. The van der Waals surface area contributed by atoms with Gasteiger partial charge in [-0.15, -0.1) is 0 Å². The molecule has 0 saturated heterocycles. The molecule has 6 nitrogen and oxygen atoms in total. The van der Waals surface area contributed by atoms with Gasteiger partial charge in [0.25, 0.3) is 0 Å². The van der Waals surface area contributed by atoms with Gasteiger partial charge < -0.3 is 14.1 Å². The van der Waals surface area contributed by atoms with Crippen LogP contribution >= 0.6 is 0 Å². The molecule has 0 spiro atoms. The Bertz CT molecular complexity index is 737. The summed E-state index contributed by atoms with van der Waals surface area (Å²) in [6.45, 7) is 2.92. The molecule has 0 saturated carbocycles. The maximum absolute atomic E-state index is 12.6. The van der Waals surface area contributed by atoms with Crippen molar-refractivity contribution in [1.29, 1.82) is 0 Å². The Kier molecular flexibility index (Phi) is 7.61. The molecule has 1 amide bonds. The molecule has 2 aromatic rings. The molecule has 0 N–H and O–H groups in total. The van der Waals surface area contributed by atoms with E-state index in [4.69, 9.17) is 4.42 Å². The highest BCUT2D eigenvalue weighted by atomic mass is 16.5. The van der Waals surface area contributed by atoms with Crippen molar-refractivity contribution in [3.63, 3.8) is 0 Å². The summed E-state index contributed by atoms with van der Waals surface area (Å²) in [5.74, 6) is -0.376. The predicted molar refractivity (Wildman–Crippen MR) is 98.3 cm³/mol. The normalized spacial score (nSPS) is 10.8. The van der Waals surface area contributed by atoms with Crippen molar-refractivity contribution in [1.82, 2.24) is 9.88 Å². The number of nitrogens with zero attached hydrogens (tertiary/aromatic N) is 2. The number of hydrogen-bond acceptors (Lipinski definition) is 5. The van der Waals surface area contributed by atoms with Crippen molar-refractivity contribution in [3.8, 4) is 0 Å². The third kappa shape index (κ3) is 5.88. The Balaban J connectivity index is 2.06. The zero-order chi connectivity index (χ0) is 18.8. The van der Waals surface area contributed by atoms with Crippen molar-refractivity contribution < 1.29 is 18.7 Å². The van der Waals surface area contributed by atoms with Crippen molar-refractivity contribution in [2.24, 2.45) is 0 Å². The number of methoxy groups -OCH3 is 1. The molecule has 2 rings (SSSR count). The number of carbonyl (C=O) groups excluding carboxylic acids is 2. The molecule has 1 aromatic heterocycles. The first-order chi connectivity index (χ1) is 12.6. The molecule has 0 aliphatic heterocycles. The number of oxazole rings is 1. The highest BCUT2D eigenvalue weighted by Gasteiger charge is 2.17. The molecule has 0 aliphatic rings. The van der Waals surface area contributed by atoms with Gasteiger partial charge in [-0.1, -0.05) is 50.1 Å². The molecule has 0 bridgehead atoms. The van der Waals surface area contributed by atoms with Gasteiger partial charge in [0.05, 0.1) is 13.7 Å². The SMILES string of the molecule is CCCCCN(Cc1nc(C(=O)OC)co1)C(=O)/C=C/c1ccccc1. The molecule has 0 unspecified atom stereocenters. The molecule has 26 heavy (non-hydrogen) atoms. The first-order valence-corrected chi connectivity index (χ1v) is 8.68. The van der Waals surface area contributed by atoms with Crippen LogP contribution in [0, 0.1) is 0 Å². The second kappa shape index (κ2) is 10.2. The standard InChI is InChI=1S/C20H24N2O4/c1-3-4-8-13-22(14-18-21-17(15-26-18)20(24)25-2)19(23)12-11-16-9-6-5-7-10-16/h5-7,9-12,15H,3-4,8,13-14H2,1-2H3/b12-11+. The topological polar surface area (TPSA) is 72.6 Å². The van der Waals surface area contributed by atoms with Crippen LogP contribution in [-0.4, -0.2) is 35.4 Å². The zero-order valence-electron chi connectivity index (χ0n) is 15.2. The number of rotatable bonds is 9. The summed E-state index contributed by atoms with van der Waals surface area (Å²) < 4.78 is 9.92. The fourth-order valence-corrected chi connectivity index (χ4v) is 2.40. The fourth-order valence-electron chi connectivity index (χ4n) is 2.40. The Labute approximate surface area is 153 Å². The number of hydrogen-bond donors (Lipinski definition) is 0. The number of amides is 1. The number of aromatic nitrogens is 1. The maximum atomic E-state index is 12.6. The summed E-state index contributed by atoms with van der Waals surface area (Å²) in [5, 5.41) is 0. The van der Waals surface area contributed by atoms with Crippen molar-refractivity contribution >= 4 is 18.0 Å². The van der Waals surface area contributed by atoms with Crippen LogP contribution in [-0.2, 0) is 16.1 Å². The zero-order valence-corrected chi connectivity index (χ0v) is 15.2. The van der Waals surface area contributed by atoms with Gasteiger partial charge >= 0.3 is 5.97 Å². The van der Waals surface area contributed by atoms with Gasteiger partial charge in [-0.3, -0.25) is 4.79 Å². The van der Waals surface area contributed by atoms with Crippen LogP contribution in [0.25, 0.3) is 6.08 Å². The summed E-state index contributed by atoms with van der Waals surface area (Å²) in [4.78, 5) is 29.8. The molecule has 138 valence electrons. The molecule has 0 fully saturated rings. The van der Waals surface area contributed by atoms with Crippen LogP contribution in [0.15, 0.2) is 47.1 Å². The molecular formula is C20H24N2O4. The van der Waals surface area contributed by atoms with E-state index in [9.17, 15) is 9.59 Å². The van der Waals surface area contributed by atoms with Crippen LogP contribution in [0.5, 0.6) is 0 Å². The lowest BCUT2D eigenvalue weighted by atomic mass is 10.2. The fraction of sp³-hybridized carbons (Fsp3) is 0.350. The molecule has 6 heteroatoms. The number of unbranched alkanes of at least 4 members (excludes halogenated alkanes) is 2. The molecule has 0 aliphatic carbocycles. The van der Waals surface area contributed by atoms with E-state index in [-0.39, 0.29) is 18.1 Å². The summed E-state index contributed by atoms with van der Waals surface area (Å²) in [7, 11) is 1.28. The van der Waals surface area contributed by atoms with Crippen LogP contribution in [0.2, 0.25) is 0 Å². The monoisotopic (exact) mass is 356 g/mol. The lowest BCUT2D eigenvalue weighted by molar-refractivity contribution is -0.126. The lowest BCUT2D eigenvalue weighted by Gasteiger charge is -2.19. The highest BCUT2D eigenvalue weighted by Crippen LogP contribution is 2.10. The van der Waals surface area contributed by atoms with Crippen LogP contribution in [0.1, 0.15) is 48.1 Å². The number of benzene rings is 1. The van der Waals surface area contributed by atoms with Crippen molar-refractivity contribution in [2.45, 2.75) is 32.7 Å². The summed E-state index contributed by atoms with van der Waals surface area (Å²) >= 11 is 0. The van der Waals surface area contributed by atoms with E-state index in [1.807, 2.05) is 30.3 Å². The van der Waals surface area contributed by atoms with E-state index in [2.05, 4.69) is 16.6 Å². The minimum atomic E-state index is -0.562. The average molecular weight is 356 g/mol. The van der Waals surface area contributed by atoms with E-state index in [1.54, 1.807) is 17.1 Å². The second-order valence-electron chi connectivity index (χ2n) is 5.83. The number of ether oxygens (including phenoxy) is 1. The quantitative estimate of drug-likeness (QED) is 0.389. The molecule has 1 heterocycles. The van der Waals surface area contributed by atoms with Crippen molar-refractivity contribution in [3.05, 3.63) is 59.8 Å². The van der Waals surface area contributed by atoms with E-state index in [1.165, 1.54) is 13.4 Å². The van der Waals surface area contributed by atoms with Crippen LogP contribution in [0.3, 0.4) is 0 Å². The minimum Gasteiger partial charge on any atom is -0.464 e. The first kappa shape index (κ1) is 19.4. The van der Waals surface area contributed by atoms with Gasteiger partial charge in [0, 0.05) is 12.6 Å². The van der Waals surface area contributed by atoms with Gasteiger partial charge in [-0.05, 0) is 18.1 Å². The predicted octanol–water partition coefficient (Wildman–Crippen LogP) is 3.69. The largest absolute Gasteiger partial charge is 0.464 e. The van der Waals surface area contributed by atoms with Gasteiger partial charge in [0.1, 0.15) is 6.26 Å². The number of carbonyl (C=O) groups is 2. The van der Waals surface area contributed by atoms with E-state index < -0.39 is 5.97 Å². The Hall–Kier alpha value is -2.89. The van der Waals surface area contributed by atoms with Gasteiger partial charge in [-0.2, -0.15) is 0 Å². The average Bonchev–Trinajstić information content (AvgIpc) is 3.14. The van der Waals surface area contributed by atoms with Gasteiger partial charge in [0.2, 0.25) is 11.8 Å². The minimum absolute atomic E-state index is 0.100. The molecule has 1 aromatic carbocycles. The Morgan fingerprint density at radius 3 is 2.69 bits per heavy atom. The summed E-state index contributed by atoms with van der Waals surface area (Å²) in [6.07, 6.45) is 7.57. The number of esters is 1. The van der Waals surface area contributed by atoms with Gasteiger partial charge in [0.15, 0.2) is 5.69 Å². The Morgan fingerprint density at radius 2 is 2.00 bits per heavy atom. The Morgan fingerprint density at radius 1 is 1.23 bits per heavy atom. The van der Waals surface area contributed by atoms with Crippen LogP contribution < -0.4 is 0 Å². The third-order valence-electron chi connectivity index (χ3n) is 3.83. The summed E-state index contributed by atoms with van der Waals surface area (Å²) in [6, 6.07) is 9.64. The smallest absolute Gasteiger partial charge is 0.360 e. The highest BCUT2D eigenvalue weighted by molar-refractivity contribution is 5.91. The molecule has 0 radical (unpaired) electrons. The molecule has 0 atom stereocenters. The van der Waals surface area contributed by atoms with E-state index >= 15 is 0 Å².